The molecular formula is C21H29B3N2O6S. The summed E-state index contributed by atoms with van der Waals surface area (Å²) in [7, 11) is 14.8. The molecule has 1 aromatic rings. The summed E-state index contributed by atoms with van der Waals surface area (Å²) in [5.41, 5.74) is 0.704. The number of aromatic hydroxyl groups is 1. The lowest BCUT2D eigenvalue weighted by Crippen LogP contribution is -2.55. The SMILES string of the molecule is [B]c1c([B])c(OCC=O)c(C2CCC(OC[C@@H]3NCCC[C@@H]3NS(C)(=O)=O)CC2)c([B])c1O. The van der Waals surface area contributed by atoms with Crippen molar-refractivity contribution in [2.24, 2.45) is 0 Å². The molecule has 1 saturated carbocycles. The quantitative estimate of drug-likeness (QED) is 0.285. The summed E-state index contributed by atoms with van der Waals surface area (Å²) in [6.45, 7) is 1.04. The number of piperidine rings is 1. The van der Waals surface area contributed by atoms with E-state index in [-0.39, 0.29) is 58.6 Å². The van der Waals surface area contributed by atoms with E-state index in [1.807, 2.05) is 0 Å². The number of aldehydes is 1. The predicted octanol–water partition coefficient (Wildman–Crippen LogP) is -1.94. The summed E-state index contributed by atoms with van der Waals surface area (Å²) >= 11 is 0. The highest BCUT2D eigenvalue weighted by atomic mass is 32.2. The molecule has 174 valence electrons. The maximum Gasteiger partial charge on any atom is 0.209 e. The van der Waals surface area contributed by atoms with Gasteiger partial charge in [0.25, 0.3) is 0 Å². The van der Waals surface area contributed by atoms with Crippen LogP contribution >= 0.6 is 0 Å². The van der Waals surface area contributed by atoms with Gasteiger partial charge in [0, 0.05) is 12.1 Å². The predicted molar refractivity (Wildman–Crippen MR) is 130 cm³/mol. The van der Waals surface area contributed by atoms with Gasteiger partial charge in [0.1, 0.15) is 41.6 Å². The molecule has 0 aromatic heterocycles. The molecule has 0 bridgehead atoms. The highest BCUT2D eigenvalue weighted by Crippen LogP contribution is 2.37. The molecule has 2 atom stereocenters. The van der Waals surface area contributed by atoms with Crippen LogP contribution in [-0.2, 0) is 19.6 Å². The van der Waals surface area contributed by atoms with Gasteiger partial charge in [-0.25, -0.2) is 13.1 Å². The Morgan fingerprint density at radius 1 is 1.12 bits per heavy atom. The minimum Gasteiger partial charge on any atom is -0.509 e. The van der Waals surface area contributed by atoms with Crippen LogP contribution in [0.2, 0.25) is 0 Å². The van der Waals surface area contributed by atoms with Gasteiger partial charge in [0.2, 0.25) is 10.0 Å². The molecule has 1 aliphatic heterocycles. The molecule has 0 unspecified atom stereocenters. The lowest BCUT2D eigenvalue weighted by atomic mass is 9.68. The average Bonchev–Trinajstić information content (AvgIpc) is 2.78. The largest absolute Gasteiger partial charge is 0.509 e. The Balaban J connectivity index is 1.63. The van der Waals surface area contributed by atoms with E-state index in [1.165, 1.54) is 6.26 Å². The zero-order valence-electron chi connectivity index (χ0n) is 18.9. The molecule has 0 spiro atoms. The number of phenolic OH excluding ortho intramolecular Hbond substituents is 1. The summed E-state index contributed by atoms with van der Waals surface area (Å²) < 4.78 is 37.7. The zero-order valence-corrected chi connectivity index (χ0v) is 19.7. The number of sulfonamides is 1. The van der Waals surface area contributed by atoms with Crippen molar-refractivity contribution in [3.63, 3.8) is 0 Å². The fourth-order valence-electron chi connectivity index (χ4n) is 4.77. The van der Waals surface area contributed by atoms with Gasteiger partial charge in [-0.2, -0.15) is 0 Å². The highest BCUT2D eigenvalue weighted by molar-refractivity contribution is 7.88. The van der Waals surface area contributed by atoms with Gasteiger partial charge in [0.05, 0.1) is 19.0 Å². The standard InChI is InChI=1S/C21H29B3N2O6S/c1-33(29,30)26-14-3-2-8-25-15(14)11-32-13-6-4-12(5-7-13)16-17(22)20(28)18(23)19(24)21(16)31-10-9-27/h9,12-15,25-26,28H,2-8,10-11H2,1H3/t12?,13?,14-,15-/m0/s1. The Morgan fingerprint density at radius 2 is 1.82 bits per heavy atom. The third kappa shape index (κ3) is 6.56. The summed E-state index contributed by atoms with van der Waals surface area (Å²) in [5.74, 6) is -0.0553. The van der Waals surface area contributed by atoms with Crippen molar-refractivity contribution < 1.29 is 27.8 Å². The molecule has 8 nitrogen and oxygen atoms in total. The van der Waals surface area contributed by atoms with Gasteiger partial charge in [0.15, 0.2) is 6.29 Å². The summed E-state index contributed by atoms with van der Waals surface area (Å²) in [6.07, 6.45) is 6.41. The lowest BCUT2D eigenvalue weighted by Gasteiger charge is -2.36. The molecule has 12 heteroatoms. The van der Waals surface area contributed by atoms with Crippen LogP contribution in [0.25, 0.3) is 0 Å². The maximum absolute atomic E-state index is 11.7. The Hall–Kier alpha value is -1.49. The minimum atomic E-state index is -3.29. The Bertz CT molecular complexity index is 954. The molecule has 33 heavy (non-hydrogen) atoms. The van der Waals surface area contributed by atoms with Gasteiger partial charge in [-0.1, -0.05) is 10.9 Å². The Labute approximate surface area is 199 Å². The fourth-order valence-corrected chi connectivity index (χ4v) is 5.60. The van der Waals surface area contributed by atoms with Gasteiger partial charge >= 0.3 is 0 Å². The molecule has 1 aliphatic carbocycles. The van der Waals surface area contributed by atoms with Crippen molar-refractivity contribution in [2.75, 3.05) is 26.0 Å². The van der Waals surface area contributed by atoms with Crippen molar-refractivity contribution >= 4 is 56.2 Å². The Morgan fingerprint density at radius 3 is 2.45 bits per heavy atom. The number of rotatable bonds is 9. The summed E-state index contributed by atoms with van der Waals surface area (Å²) in [5, 5.41) is 13.7. The van der Waals surface area contributed by atoms with Crippen LogP contribution in [0.1, 0.15) is 50.0 Å². The van der Waals surface area contributed by atoms with E-state index >= 15 is 0 Å². The summed E-state index contributed by atoms with van der Waals surface area (Å²) in [6, 6.07) is -0.276. The highest BCUT2D eigenvalue weighted by Gasteiger charge is 2.31. The van der Waals surface area contributed by atoms with Crippen molar-refractivity contribution in [3.05, 3.63) is 5.56 Å². The Kier molecular flexibility index (Phi) is 8.94. The molecule has 0 amide bonds. The van der Waals surface area contributed by atoms with Crippen molar-refractivity contribution in [3.8, 4) is 11.5 Å². The van der Waals surface area contributed by atoms with E-state index in [4.69, 9.17) is 33.0 Å². The van der Waals surface area contributed by atoms with Crippen molar-refractivity contribution in [1.82, 2.24) is 10.0 Å². The van der Waals surface area contributed by atoms with E-state index in [1.54, 1.807) is 0 Å². The van der Waals surface area contributed by atoms with Crippen LogP contribution in [0.3, 0.4) is 0 Å². The van der Waals surface area contributed by atoms with Gasteiger partial charge in [-0.15, -0.1) is 0 Å². The van der Waals surface area contributed by atoms with E-state index in [9.17, 15) is 18.3 Å². The van der Waals surface area contributed by atoms with Crippen molar-refractivity contribution in [2.45, 2.75) is 62.6 Å². The van der Waals surface area contributed by atoms with E-state index in [2.05, 4.69) is 10.0 Å². The second-order valence-corrected chi connectivity index (χ2v) is 10.6. The molecule has 3 N–H and O–H groups in total. The van der Waals surface area contributed by atoms with Gasteiger partial charge < -0.3 is 19.9 Å². The first kappa shape index (κ1) is 26.1. The summed E-state index contributed by atoms with van der Waals surface area (Å²) in [4.78, 5) is 10.8. The number of carbonyl (C=O) groups excluding carboxylic acids is 1. The molecule has 6 radical (unpaired) electrons. The van der Waals surface area contributed by atoms with Crippen LogP contribution in [0.15, 0.2) is 0 Å². The van der Waals surface area contributed by atoms with Gasteiger partial charge in [-0.05, 0) is 62.0 Å². The number of carbonyl (C=O) groups is 1. The molecule has 2 fully saturated rings. The van der Waals surface area contributed by atoms with Crippen molar-refractivity contribution in [1.29, 1.82) is 0 Å². The van der Waals surface area contributed by atoms with Crippen LogP contribution in [0.5, 0.6) is 11.5 Å². The molecule has 3 rings (SSSR count). The third-order valence-electron chi connectivity index (χ3n) is 6.42. The molecule has 2 aliphatic rings. The maximum atomic E-state index is 11.7. The average molecular weight is 470 g/mol. The number of benzene rings is 1. The lowest BCUT2D eigenvalue weighted by molar-refractivity contribution is -0.109. The van der Waals surface area contributed by atoms with Crippen LogP contribution in [-0.4, -0.2) is 87.6 Å². The van der Waals surface area contributed by atoms with Crippen LogP contribution in [0, 0.1) is 0 Å². The topological polar surface area (TPSA) is 114 Å². The second-order valence-electron chi connectivity index (χ2n) is 8.82. The minimum absolute atomic E-state index is 0.0177. The van der Waals surface area contributed by atoms with E-state index in [0.29, 0.717) is 18.5 Å². The number of ether oxygens (including phenoxy) is 2. The second kappa shape index (κ2) is 11.3. The van der Waals surface area contributed by atoms with Gasteiger partial charge in [-0.3, -0.25) is 4.79 Å². The first-order valence-electron chi connectivity index (χ1n) is 11.2. The first-order chi connectivity index (χ1) is 15.6. The molecule has 1 saturated heterocycles. The zero-order chi connectivity index (χ0) is 24.2. The smallest absolute Gasteiger partial charge is 0.209 e. The first-order valence-corrected chi connectivity index (χ1v) is 13.1. The number of hydrogen-bond donors (Lipinski definition) is 3. The molecular weight excluding hydrogens is 441 g/mol. The van der Waals surface area contributed by atoms with Crippen LogP contribution in [0.4, 0.5) is 0 Å². The molecule has 1 aromatic carbocycles. The number of nitrogens with one attached hydrogen (secondary N) is 2. The molecule has 1 heterocycles. The van der Waals surface area contributed by atoms with Crippen LogP contribution < -0.4 is 31.2 Å². The number of hydrogen-bond acceptors (Lipinski definition) is 7. The fraction of sp³-hybridized carbons (Fsp3) is 0.667. The normalized spacial score (nSPS) is 26.1. The third-order valence-corrected chi connectivity index (χ3v) is 7.15. The number of phenols is 1. The van der Waals surface area contributed by atoms with E-state index < -0.39 is 10.0 Å². The monoisotopic (exact) mass is 470 g/mol. The van der Waals surface area contributed by atoms with E-state index in [0.717, 1.165) is 45.1 Å².